The first kappa shape index (κ1) is 21.9. The van der Waals surface area contributed by atoms with Gasteiger partial charge in [0, 0.05) is 16.6 Å². The number of hydrogen-bond donors (Lipinski definition) is 2. The van der Waals surface area contributed by atoms with Gasteiger partial charge >= 0.3 is 0 Å². The average molecular weight is 488 g/mol. The molecule has 1 aliphatic rings. The maximum atomic E-state index is 13.1. The number of methoxy groups -OCH3 is 1. The summed E-state index contributed by atoms with van der Waals surface area (Å²) in [5.41, 5.74) is 8.95. The number of hydrogen-bond acceptors (Lipinski definition) is 5. The topological polar surface area (TPSA) is 91.4 Å². The van der Waals surface area contributed by atoms with Crippen LogP contribution in [-0.4, -0.2) is 25.6 Å². The summed E-state index contributed by atoms with van der Waals surface area (Å²) in [5.74, 6) is 0.519. The van der Waals surface area contributed by atoms with Crippen LogP contribution >= 0.6 is 28.3 Å². The molecule has 1 unspecified atom stereocenters. The zero-order chi connectivity index (χ0) is 20.5. The van der Waals surface area contributed by atoms with Crippen molar-refractivity contribution < 1.29 is 9.53 Å². The minimum absolute atomic E-state index is 0. The molecule has 1 atom stereocenters. The van der Waals surface area contributed by atoms with Crippen LogP contribution in [0.2, 0.25) is 0 Å². The summed E-state index contributed by atoms with van der Waals surface area (Å²) in [7, 11) is 1.62. The molecule has 0 aromatic heterocycles. The molecular formula is C22H20BrClN4O2. The lowest BCUT2D eigenvalue weighted by Gasteiger charge is -2.26. The molecule has 4 rings (SSSR count). The lowest BCUT2D eigenvalue weighted by atomic mass is 10.0. The standard InChI is InChI=1S/C22H19BrN4O2.ClH/c1-29-21-7-3-14-9-15(23)4-5-16(14)17(21)12-27-20-6-2-13(10-24)8-19(20)26-11-18(25)22(27)28;/h2-9,18,26H,11-12,25H2,1H3;1H. The van der Waals surface area contributed by atoms with Crippen LogP contribution in [-0.2, 0) is 11.3 Å². The first-order valence-electron chi connectivity index (χ1n) is 9.12. The number of carbonyl (C=O) groups excluding carboxylic acids is 1. The molecule has 0 aliphatic carbocycles. The van der Waals surface area contributed by atoms with Gasteiger partial charge in [0.25, 0.3) is 0 Å². The van der Waals surface area contributed by atoms with Gasteiger partial charge in [0.05, 0.1) is 36.7 Å². The third kappa shape index (κ3) is 3.94. The number of rotatable bonds is 3. The second-order valence-corrected chi connectivity index (χ2v) is 7.78. The van der Waals surface area contributed by atoms with Crippen molar-refractivity contribution in [1.82, 2.24) is 0 Å². The third-order valence-corrected chi connectivity index (χ3v) is 5.59. The molecule has 1 aliphatic heterocycles. The van der Waals surface area contributed by atoms with Crippen molar-refractivity contribution in [3.8, 4) is 11.8 Å². The first-order chi connectivity index (χ1) is 14.0. The maximum absolute atomic E-state index is 13.1. The molecule has 0 bridgehead atoms. The number of amides is 1. The fraction of sp³-hybridized carbons (Fsp3) is 0.182. The number of nitriles is 1. The zero-order valence-electron chi connectivity index (χ0n) is 16.2. The molecule has 6 nitrogen and oxygen atoms in total. The Morgan fingerprint density at radius 2 is 2.07 bits per heavy atom. The van der Waals surface area contributed by atoms with E-state index in [0.717, 1.165) is 20.8 Å². The van der Waals surface area contributed by atoms with Crippen LogP contribution in [0.25, 0.3) is 10.8 Å². The molecule has 0 saturated carbocycles. The van der Waals surface area contributed by atoms with Gasteiger partial charge in [-0.05, 0) is 47.2 Å². The number of fused-ring (bicyclic) bond motifs is 2. The van der Waals surface area contributed by atoms with E-state index in [1.54, 1.807) is 30.2 Å². The summed E-state index contributed by atoms with van der Waals surface area (Å²) in [4.78, 5) is 14.8. The van der Waals surface area contributed by atoms with Gasteiger partial charge in [-0.1, -0.05) is 28.1 Å². The van der Waals surface area contributed by atoms with Gasteiger partial charge in [0.15, 0.2) is 0 Å². The summed E-state index contributed by atoms with van der Waals surface area (Å²) in [6.07, 6.45) is 0. The monoisotopic (exact) mass is 486 g/mol. The molecule has 8 heteroatoms. The Morgan fingerprint density at radius 3 is 2.80 bits per heavy atom. The van der Waals surface area contributed by atoms with Crippen LogP contribution in [0.1, 0.15) is 11.1 Å². The minimum atomic E-state index is -0.692. The SMILES string of the molecule is COc1ccc2cc(Br)ccc2c1CN1C(=O)C(N)CNc2cc(C#N)ccc21.Cl. The fourth-order valence-corrected chi connectivity index (χ4v) is 4.01. The van der Waals surface area contributed by atoms with Crippen molar-refractivity contribution in [2.75, 3.05) is 23.9 Å². The molecule has 3 aromatic rings. The third-order valence-electron chi connectivity index (χ3n) is 5.10. The van der Waals surface area contributed by atoms with Crippen molar-refractivity contribution in [2.24, 2.45) is 5.73 Å². The van der Waals surface area contributed by atoms with Gasteiger partial charge in [-0.15, -0.1) is 12.4 Å². The summed E-state index contributed by atoms with van der Waals surface area (Å²) in [5, 5.41) is 14.5. The zero-order valence-corrected chi connectivity index (χ0v) is 18.6. The van der Waals surface area contributed by atoms with E-state index in [1.165, 1.54) is 0 Å². The Labute approximate surface area is 189 Å². The van der Waals surface area contributed by atoms with Crippen molar-refractivity contribution in [1.29, 1.82) is 5.26 Å². The van der Waals surface area contributed by atoms with E-state index >= 15 is 0 Å². The van der Waals surface area contributed by atoms with Crippen LogP contribution in [0.5, 0.6) is 5.75 Å². The van der Waals surface area contributed by atoms with Gasteiger partial charge in [-0.3, -0.25) is 4.79 Å². The Morgan fingerprint density at radius 1 is 1.27 bits per heavy atom. The van der Waals surface area contributed by atoms with Gasteiger partial charge in [0.1, 0.15) is 11.8 Å². The van der Waals surface area contributed by atoms with Crippen LogP contribution in [0.4, 0.5) is 11.4 Å². The number of halogens is 2. The van der Waals surface area contributed by atoms with Crippen molar-refractivity contribution in [2.45, 2.75) is 12.6 Å². The fourth-order valence-electron chi connectivity index (χ4n) is 3.63. The van der Waals surface area contributed by atoms with E-state index in [1.807, 2.05) is 30.3 Å². The van der Waals surface area contributed by atoms with Crippen molar-refractivity contribution >= 4 is 56.4 Å². The minimum Gasteiger partial charge on any atom is -0.496 e. The second-order valence-electron chi connectivity index (χ2n) is 6.87. The molecule has 3 N–H and O–H groups in total. The predicted octanol–water partition coefficient (Wildman–Crippen LogP) is 4.19. The quantitative estimate of drug-likeness (QED) is 0.578. The summed E-state index contributed by atoms with van der Waals surface area (Å²) < 4.78 is 6.58. The van der Waals surface area contributed by atoms with E-state index in [2.05, 4.69) is 27.3 Å². The number of benzene rings is 3. The van der Waals surface area contributed by atoms with Gasteiger partial charge in [-0.2, -0.15) is 5.26 Å². The number of carbonyl (C=O) groups is 1. The summed E-state index contributed by atoms with van der Waals surface area (Å²) in [6.45, 7) is 0.603. The van der Waals surface area contributed by atoms with E-state index in [4.69, 9.17) is 10.5 Å². The number of ether oxygens (including phenoxy) is 1. The summed E-state index contributed by atoms with van der Waals surface area (Å²) in [6, 6.07) is 16.6. The average Bonchev–Trinajstić information content (AvgIpc) is 2.85. The molecule has 0 spiro atoms. The Balaban J connectivity index is 0.00000256. The maximum Gasteiger partial charge on any atom is 0.246 e. The summed E-state index contributed by atoms with van der Waals surface area (Å²) >= 11 is 3.51. The van der Waals surface area contributed by atoms with Crippen LogP contribution in [0.15, 0.2) is 53.0 Å². The molecule has 154 valence electrons. The highest BCUT2D eigenvalue weighted by molar-refractivity contribution is 9.10. The largest absolute Gasteiger partial charge is 0.496 e. The molecule has 3 aromatic carbocycles. The highest BCUT2D eigenvalue weighted by Crippen LogP contribution is 2.35. The molecule has 1 amide bonds. The Kier molecular flexibility index (Phi) is 6.52. The van der Waals surface area contributed by atoms with E-state index in [-0.39, 0.29) is 18.3 Å². The molecular weight excluding hydrogens is 468 g/mol. The molecule has 0 fully saturated rings. The van der Waals surface area contributed by atoms with Gasteiger partial charge in [0.2, 0.25) is 5.91 Å². The normalized spacial score (nSPS) is 15.5. The van der Waals surface area contributed by atoms with E-state index in [0.29, 0.717) is 35.8 Å². The second kappa shape index (κ2) is 8.92. The number of nitrogens with two attached hydrogens (primary N) is 1. The highest BCUT2D eigenvalue weighted by Gasteiger charge is 2.29. The number of nitrogens with zero attached hydrogens (tertiary/aromatic N) is 2. The Hall–Kier alpha value is -2.79. The van der Waals surface area contributed by atoms with Crippen molar-refractivity contribution in [3.63, 3.8) is 0 Å². The lowest BCUT2D eigenvalue weighted by molar-refractivity contribution is -0.119. The molecule has 1 heterocycles. The Bertz CT molecular complexity index is 1160. The first-order valence-corrected chi connectivity index (χ1v) is 9.91. The molecule has 0 saturated heterocycles. The smallest absolute Gasteiger partial charge is 0.246 e. The van der Waals surface area contributed by atoms with Gasteiger partial charge < -0.3 is 20.7 Å². The molecule has 30 heavy (non-hydrogen) atoms. The van der Waals surface area contributed by atoms with Crippen LogP contribution < -0.4 is 20.7 Å². The van der Waals surface area contributed by atoms with Gasteiger partial charge in [-0.25, -0.2) is 0 Å². The number of anilines is 2. The van der Waals surface area contributed by atoms with E-state index in [9.17, 15) is 10.1 Å². The highest BCUT2D eigenvalue weighted by atomic mass is 79.9. The molecule has 0 radical (unpaired) electrons. The van der Waals surface area contributed by atoms with Crippen LogP contribution in [0.3, 0.4) is 0 Å². The lowest BCUT2D eigenvalue weighted by Crippen LogP contribution is -2.45. The van der Waals surface area contributed by atoms with Crippen molar-refractivity contribution in [3.05, 3.63) is 64.1 Å². The number of nitrogens with one attached hydrogen (secondary N) is 1. The predicted molar refractivity (Wildman–Crippen MR) is 124 cm³/mol. The van der Waals surface area contributed by atoms with Crippen LogP contribution in [0, 0.1) is 11.3 Å². The van der Waals surface area contributed by atoms with E-state index < -0.39 is 6.04 Å².